The van der Waals surface area contributed by atoms with Crippen LogP contribution in [0.3, 0.4) is 0 Å². The highest BCUT2D eigenvalue weighted by atomic mass is 79.9. The van der Waals surface area contributed by atoms with Gasteiger partial charge in [-0.1, -0.05) is 5.16 Å². The van der Waals surface area contributed by atoms with Crippen molar-refractivity contribution < 1.29 is 8.94 Å². The highest BCUT2D eigenvalue weighted by Crippen LogP contribution is 2.37. The van der Waals surface area contributed by atoms with E-state index in [0.717, 1.165) is 5.56 Å². The summed E-state index contributed by atoms with van der Waals surface area (Å²) in [5.74, 6) is 1.39. The number of anilines is 1. The van der Waals surface area contributed by atoms with Gasteiger partial charge in [-0.15, -0.1) is 0 Å². The Labute approximate surface area is 111 Å². The van der Waals surface area contributed by atoms with Crippen LogP contribution in [0.25, 0.3) is 22.6 Å². The fourth-order valence-electron chi connectivity index (χ4n) is 1.70. The molecule has 0 unspecified atom stereocenters. The summed E-state index contributed by atoms with van der Waals surface area (Å²) in [6, 6.07) is 7.24. The van der Waals surface area contributed by atoms with Gasteiger partial charge in [0.1, 0.15) is 0 Å². The Kier molecular flexibility index (Phi) is 2.64. The first-order chi connectivity index (χ1) is 8.75. The van der Waals surface area contributed by atoms with Crippen molar-refractivity contribution in [1.82, 2.24) is 10.1 Å². The van der Waals surface area contributed by atoms with Gasteiger partial charge in [0.2, 0.25) is 5.76 Å². The minimum atomic E-state index is 0.323. The van der Waals surface area contributed by atoms with Gasteiger partial charge in [-0.3, -0.25) is 4.98 Å². The van der Waals surface area contributed by atoms with E-state index in [2.05, 4.69) is 26.1 Å². The second kappa shape index (κ2) is 4.30. The minimum Gasteiger partial charge on any atom is -0.446 e. The maximum atomic E-state index is 5.84. The molecule has 0 aliphatic rings. The third kappa shape index (κ3) is 1.80. The number of nitrogens with zero attached hydrogens (tertiary/aromatic N) is 2. The summed E-state index contributed by atoms with van der Waals surface area (Å²) in [5.41, 5.74) is 7.43. The molecule has 6 heteroatoms. The molecule has 0 saturated heterocycles. The lowest BCUT2D eigenvalue weighted by molar-refractivity contribution is 0.419. The Morgan fingerprint density at radius 3 is 2.56 bits per heavy atom. The van der Waals surface area contributed by atoms with Crippen molar-refractivity contribution in [3.8, 4) is 22.6 Å². The van der Waals surface area contributed by atoms with Crippen LogP contribution in [0, 0.1) is 0 Å². The molecule has 18 heavy (non-hydrogen) atoms. The van der Waals surface area contributed by atoms with Crippen LogP contribution in [-0.4, -0.2) is 10.1 Å². The van der Waals surface area contributed by atoms with E-state index in [0.29, 0.717) is 27.6 Å². The molecule has 0 fully saturated rings. The maximum Gasteiger partial charge on any atom is 0.212 e. The second-order valence-corrected chi connectivity index (χ2v) is 4.39. The van der Waals surface area contributed by atoms with E-state index < -0.39 is 0 Å². The quantitative estimate of drug-likeness (QED) is 0.785. The minimum absolute atomic E-state index is 0.323. The SMILES string of the molecule is Nc1noc(-c2ccc(Br)o2)c1-c1ccncc1. The molecule has 90 valence electrons. The zero-order valence-electron chi connectivity index (χ0n) is 9.13. The lowest BCUT2D eigenvalue weighted by Gasteiger charge is -1.99. The number of rotatable bonds is 2. The summed E-state index contributed by atoms with van der Waals surface area (Å²) in [6.45, 7) is 0. The second-order valence-electron chi connectivity index (χ2n) is 3.61. The van der Waals surface area contributed by atoms with E-state index in [1.807, 2.05) is 12.1 Å². The third-order valence-corrected chi connectivity index (χ3v) is 2.91. The van der Waals surface area contributed by atoms with Gasteiger partial charge in [0.15, 0.2) is 16.2 Å². The molecule has 3 rings (SSSR count). The number of nitrogen functional groups attached to an aromatic ring is 1. The van der Waals surface area contributed by atoms with Gasteiger partial charge in [0.05, 0.1) is 5.56 Å². The largest absolute Gasteiger partial charge is 0.446 e. The highest BCUT2D eigenvalue weighted by Gasteiger charge is 2.20. The molecule has 0 aromatic carbocycles. The number of hydrogen-bond donors (Lipinski definition) is 1. The standard InChI is InChI=1S/C12H8BrN3O2/c13-9-2-1-8(17-9)11-10(12(14)16-18-11)7-3-5-15-6-4-7/h1-6H,(H2,14,16). The van der Waals surface area contributed by atoms with Gasteiger partial charge >= 0.3 is 0 Å². The van der Waals surface area contributed by atoms with Gasteiger partial charge in [-0.25, -0.2) is 0 Å². The van der Waals surface area contributed by atoms with E-state index in [9.17, 15) is 0 Å². The van der Waals surface area contributed by atoms with Crippen molar-refractivity contribution in [2.24, 2.45) is 0 Å². The number of furan rings is 1. The Bertz CT molecular complexity index is 676. The van der Waals surface area contributed by atoms with Gasteiger partial charge in [-0.05, 0) is 45.8 Å². The van der Waals surface area contributed by atoms with Crippen LogP contribution in [0.1, 0.15) is 0 Å². The number of aromatic nitrogens is 2. The lowest BCUT2D eigenvalue weighted by atomic mass is 10.1. The molecule has 0 aliphatic heterocycles. The van der Waals surface area contributed by atoms with Crippen molar-refractivity contribution in [3.05, 3.63) is 41.3 Å². The zero-order valence-corrected chi connectivity index (χ0v) is 10.7. The van der Waals surface area contributed by atoms with Crippen LogP contribution in [0.5, 0.6) is 0 Å². The van der Waals surface area contributed by atoms with Crippen LogP contribution < -0.4 is 5.73 Å². The molecule has 0 spiro atoms. The average Bonchev–Trinajstić information content (AvgIpc) is 2.96. The van der Waals surface area contributed by atoms with E-state index in [4.69, 9.17) is 14.7 Å². The van der Waals surface area contributed by atoms with E-state index in [1.165, 1.54) is 0 Å². The van der Waals surface area contributed by atoms with Crippen LogP contribution >= 0.6 is 15.9 Å². The van der Waals surface area contributed by atoms with Crippen LogP contribution in [0.2, 0.25) is 0 Å². The third-order valence-electron chi connectivity index (χ3n) is 2.48. The predicted molar refractivity (Wildman–Crippen MR) is 69.5 cm³/mol. The molecule has 0 bridgehead atoms. The van der Waals surface area contributed by atoms with Gasteiger partial charge < -0.3 is 14.7 Å². The molecule has 2 N–H and O–H groups in total. The van der Waals surface area contributed by atoms with Crippen molar-refractivity contribution in [2.75, 3.05) is 5.73 Å². The summed E-state index contributed by atoms with van der Waals surface area (Å²) in [5, 5.41) is 3.79. The molecule has 3 aromatic rings. The van der Waals surface area contributed by atoms with Crippen LogP contribution in [-0.2, 0) is 0 Å². The molecular formula is C12H8BrN3O2. The summed E-state index contributed by atoms with van der Waals surface area (Å²) in [4.78, 5) is 3.97. The first-order valence-corrected chi connectivity index (χ1v) is 5.96. The fraction of sp³-hybridized carbons (Fsp3) is 0. The number of hydrogen-bond acceptors (Lipinski definition) is 5. The normalized spacial score (nSPS) is 10.7. The Morgan fingerprint density at radius 1 is 1.11 bits per heavy atom. The molecular weight excluding hydrogens is 298 g/mol. The van der Waals surface area contributed by atoms with Crippen LogP contribution in [0.4, 0.5) is 5.82 Å². The van der Waals surface area contributed by atoms with Crippen LogP contribution in [0.15, 0.2) is 50.3 Å². The smallest absolute Gasteiger partial charge is 0.212 e. The Hall–Kier alpha value is -2.08. The van der Waals surface area contributed by atoms with Crippen molar-refractivity contribution in [2.45, 2.75) is 0 Å². The van der Waals surface area contributed by atoms with Crippen molar-refractivity contribution >= 4 is 21.7 Å². The zero-order chi connectivity index (χ0) is 12.5. The maximum absolute atomic E-state index is 5.84. The average molecular weight is 306 g/mol. The number of halogens is 1. The predicted octanol–water partition coefficient (Wildman–Crippen LogP) is 3.34. The molecule has 0 aliphatic carbocycles. The van der Waals surface area contributed by atoms with Gasteiger partial charge in [-0.2, -0.15) is 0 Å². The molecule has 3 aromatic heterocycles. The van der Waals surface area contributed by atoms with Gasteiger partial charge in [0.25, 0.3) is 0 Å². The number of nitrogens with two attached hydrogens (primary N) is 1. The topological polar surface area (TPSA) is 78.1 Å². The Balaban J connectivity index is 2.18. The summed E-state index contributed by atoms with van der Waals surface area (Å²) in [6.07, 6.45) is 3.37. The summed E-state index contributed by atoms with van der Waals surface area (Å²) >= 11 is 3.25. The molecule has 0 amide bonds. The lowest BCUT2D eigenvalue weighted by Crippen LogP contribution is -1.88. The molecule has 5 nitrogen and oxygen atoms in total. The van der Waals surface area contributed by atoms with E-state index in [1.54, 1.807) is 24.5 Å². The Morgan fingerprint density at radius 2 is 1.89 bits per heavy atom. The fourth-order valence-corrected chi connectivity index (χ4v) is 2.01. The highest BCUT2D eigenvalue weighted by molar-refractivity contribution is 9.10. The summed E-state index contributed by atoms with van der Waals surface area (Å²) < 4.78 is 11.3. The van der Waals surface area contributed by atoms with Crippen molar-refractivity contribution in [1.29, 1.82) is 0 Å². The first kappa shape index (κ1) is 11.0. The van der Waals surface area contributed by atoms with Crippen molar-refractivity contribution in [3.63, 3.8) is 0 Å². The molecule has 3 heterocycles. The first-order valence-electron chi connectivity index (χ1n) is 5.17. The molecule has 0 atom stereocenters. The summed E-state index contributed by atoms with van der Waals surface area (Å²) in [7, 11) is 0. The molecule has 0 radical (unpaired) electrons. The van der Waals surface area contributed by atoms with E-state index >= 15 is 0 Å². The van der Waals surface area contributed by atoms with E-state index in [-0.39, 0.29) is 0 Å². The number of pyridine rings is 1. The molecule has 0 saturated carbocycles. The van der Waals surface area contributed by atoms with Gasteiger partial charge in [0, 0.05) is 12.4 Å². The monoisotopic (exact) mass is 305 g/mol.